The maximum atomic E-state index is 9.75. The molecule has 11 aromatic rings. The fourth-order valence-electron chi connectivity index (χ4n) is 9.76. The summed E-state index contributed by atoms with van der Waals surface area (Å²) in [6, 6.07) is 87.2. The second-order valence-corrected chi connectivity index (χ2v) is 17.2. The van der Waals surface area contributed by atoms with Crippen LogP contribution in [0.25, 0.3) is 95.3 Å². The van der Waals surface area contributed by atoms with Gasteiger partial charge in [0, 0.05) is 50.0 Å². The van der Waals surface area contributed by atoms with Crippen molar-refractivity contribution in [3.63, 3.8) is 0 Å². The smallest absolute Gasteiger partial charge is 0.0715 e. The lowest BCUT2D eigenvalue weighted by molar-refractivity contribution is 1.18. The minimum Gasteiger partial charge on any atom is -0.354 e. The second-order valence-electron chi connectivity index (χ2n) is 17.2. The van der Waals surface area contributed by atoms with Crippen LogP contribution in [0.3, 0.4) is 0 Å². The van der Waals surface area contributed by atoms with E-state index >= 15 is 0 Å². The van der Waals surface area contributed by atoms with E-state index in [9.17, 15) is 5.41 Å². The largest absolute Gasteiger partial charge is 0.354 e. The number of nitrogens with zero attached hydrogens (tertiary/aromatic N) is 2. The van der Waals surface area contributed by atoms with Crippen molar-refractivity contribution in [1.29, 1.82) is 5.41 Å². The SMILES string of the molecule is N=C(/C(=C1\NC(c2ccccc2)=Cc2c1cccc2-c1cccc(-c2cc(-c3ccccc3)nc(-c3ccc(-n4c5ccccc5c5ccccc54)cc3)c2)c1)c1ccccc1)c1ccccc1. The quantitative estimate of drug-likeness (QED) is 0.142. The first kappa shape index (κ1) is 40.4. The van der Waals surface area contributed by atoms with Gasteiger partial charge in [-0.1, -0.05) is 206 Å². The third-order valence-electron chi connectivity index (χ3n) is 13.0. The maximum Gasteiger partial charge on any atom is 0.0715 e. The summed E-state index contributed by atoms with van der Waals surface area (Å²) in [4.78, 5) is 5.31. The Labute approximate surface area is 396 Å². The van der Waals surface area contributed by atoms with Gasteiger partial charge in [-0.2, -0.15) is 0 Å². The minimum atomic E-state index is 0.455. The predicted molar refractivity (Wildman–Crippen MR) is 284 cm³/mol. The van der Waals surface area contributed by atoms with Crippen molar-refractivity contribution in [2.75, 3.05) is 0 Å². The number of nitrogens with one attached hydrogen (secondary N) is 2. The molecule has 0 amide bonds. The van der Waals surface area contributed by atoms with Gasteiger partial charge in [0.1, 0.15) is 0 Å². The van der Waals surface area contributed by atoms with Crippen LogP contribution in [-0.4, -0.2) is 15.3 Å². The average molecular weight is 869 g/mol. The summed E-state index contributed by atoms with van der Waals surface area (Å²) in [5, 5.41) is 16.1. The molecule has 0 saturated heterocycles. The Balaban J connectivity index is 0.995. The number of rotatable bonds is 9. The highest BCUT2D eigenvalue weighted by atomic mass is 15.0. The molecule has 1 aliphatic rings. The zero-order valence-electron chi connectivity index (χ0n) is 37.1. The molecule has 0 unspecified atom stereocenters. The number of benzene rings is 9. The molecule has 2 N–H and O–H groups in total. The van der Waals surface area contributed by atoms with Crippen LogP contribution in [0.2, 0.25) is 0 Å². The van der Waals surface area contributed by atoms with Gasteiger partial charge in [0.05, 0.1) is 33.8 Å². The first-order chi connectivity index (χ1) is 33.6. The first-order valence-corrected chi connectivity index (χ1v) is 23.0. The average Bonchev–Trinajstić information content (AvgIpc) is 3.76. The van der Waals surface area contributed by atoms with Gasteiger partial charge in [-0.25, -0.2) is 4.98 Å². The molecular formula is C64H44N4. The normalized spacial score (nSPS) is 12.9. The lowest BCUT2D eigenvalue weighted by atomic mass is 9.85. The number of aromatic nitrogens is 2. The Bertz CT molecular complexity index is 3680. The number of allylic oxidation sites excluding steroid dienone is 1. The van der Waals surface area contributed by atoms with Crippen LogP contribution in [0, 0.1) is 5.41 Å². The highest BCUT2D eigenvalue weighted by molar-refractivity contribution is 6.36. The van der Waals surface area contributed by atoms with Crippen LogP contribution in [0.5, 0.6) is 0 Å². The summed E-state index contributed by atoms with van der Waals surface area (Å²) in [7, 11) is 0. The Hall–Kier alpha value is -9.12. The van der Waals surface area contributed by atoms with Gasteiger partial charge in [0.2, 0.25) is 0 Å². The Morgan fingerprint density at radius 3 is 1.54 bits per heavy atom. The van der Waals surface area contributed by atoms with Gasteiger partial charge in [-0.05, 0) is 87.5 Å². The van der Waals surface area contributed by atoms with Gasteiger partial charge in [-0.15, -0.1) is 0 Å². The van der Waals surface area contributed by atoms with Crippen molar-refractivity contribution in [3.8, 4) is 50.5 Å². The van der Waals surface area contributed by atoms with E-state index in [1.807, 2.05) is 60.7 Å². The van der Waals surface area contributed by atoms with Crippen molar-refractivity contribution in [2.45, 2.75) is 0 Å². The second kappa shape index (κ2) is 17.4. The van der Waals surface area contributed by atoms with Crippen molar-refractivity contribution in [2.24, 2.45) is 0 Å². The highest BCUT2D eigenvalue weighted by Crippen LogP contribution is 2.42. The summed E-state index contributed by atoms with van der Waals surface area (Å²) in [5.41, 5.74) is 20.0. The van der Waals surface area contributed by atoms with Crippen LogP contribution in [0.4, 0.5) is 0 Å². The zero-order valence-corrected chi connectivity index (χ0v) is 37.1. The molecule has 12 rings (SSSR count). The number of para-hydroxylation sites is 2. The first-order valence-electron chi connectivity index (χ1n) is 23.0. The van der Waals surface area contributed by atoms with Crippen molar-refractivity contribution < 1.29 is 0 Å². The number of hydrogen-bond donors (Lipinski definition) is 2. The summed E-state index contributed by atoms with van der Waals surface area (Å²) < 4.78 is 2.35. The Kier molecular flexibility index (Phi) is 10.3. The van der Waals surface area contributed by atoms with Crippen molar-refractivity contribution >= 4 is 50.6 Å². The third-order valence-corrected chi connectivity index (χ3v) is 13.0. The van der Waals surface area contributed by atoms with Crippen LogP contribution in [0.1, 0.15) is 27.8 Å². The topological polar surface area (TPSA) is 53.7 Å². The van der Waals surface area contributed by atoms with E-state index in [1.54, 1.807) is 0 Å². The minimum absolute atomic E-state index is 0.455. The van der Waals surface area contributed by atoms with Crippen LogP contribution >= 0.6 is 0 Å². The Morgan fingerprint density at radius 2 is 0.897 bits per heavy atom. The summed E-state index contributed by atoms with van der Waals surface area (Å²) >= 11 is 0. The third kappa shape index (κ3) is 7.40. The van der Waals surface area contributed by atoms with Gasteiger partial charge in [0.25, 0.3) is 0 Å². The molecule has 0 atom stereocenters. The van der Waals surface area contributed by atoms with Gasteiger partial charge < -0.3 is 9.88 Å². The number of hydrogen-bond acceptors (Lipinski definition) is 3. The number of fused-ring (bicyclic) bond motifs is 4. The van der Waals surface area contributed by atoms with Gasteiger partial charge in [0.15, 0.2) is 0 Å². The van der Waals surface area contributed by atoms with E-state index in [-0.39, 0.29) is 0 Å². The molecule has 2 aromatic heterocycles. The zero-order chi connectivity index (χ0) is 45.4. The van der Waals surface area contributed by atoms with Crippen LogP contribution in [0.15, 0.2) is 249 Å². The van der Waals surface area contributed by atoms with E-state index in [2.05, 4.69) is 204 Å². The molecule has 4 nitrogen and oxygen atoms in total. The van der Waals surface area contributed by atoms with Crippen molar-refractivity contribution in [1.82, 2.24) is 14.9 Å². The predicted octanol–water partition coefficient (Wildman–Crippen LogP) is 15.9. The van der Waals surface area contributed by atoms with Crippen molar-refractivity contribution in [3.05, 3.63) is 277 Å². The van der Waals surface area contributed by atoms with E-state index in [4.69, 9.17) is 4.98 Å². The molecular weight excluding hydrogens is 825 g/mol. The summed E-state index contributed by atoms with van der Waals surface area (Å²) in [5.74, 6) is 0. The van der Waals surface area contributed by atoms with Crippen LogP contribution < -0.4 is 5.32 Å². The van der Waals surface area contributed by atoms with Crippen LogP contribution in [-0.2, 0) is 0 Å². The molecule has 0 aliphatic carbocycles. The number of pyridine rings is 1. The molecule has 0 radical (unpaired) electrons. The van der Waals surface area contributed by atoms with E-state index in [1.165, 1.54) is 21.8 Å². The van der Waals surface area contributed by atoms with E-state index < -0.39 is 0 Å². The molecule has 68 heavy (non-hydrogen) atoms. The monoisotopic (exact) mass is 868 g/mol. The highest BCUT2D eigenvalue weighted by Gasteiger charge is 2.26. The molecule has 3 heterocycles. The standard InChI is InChI=1S/C64H44N4/c65-63(47-25-11-4-12-26-47)62(46-23-9-3-10-24-46)64-55-32-18-31-52(56(55)42-59(67-64)44-21-7-2-8-22-44)49-28-17-27-48(39-49)50-40-57(43-19-5-1-6-20-43)66-58(41-50)45-35-37-51(38-36-45)68-60-33-15-13-29-53(60)54-30-14-16-34-61(54)68/h1-42,65,67H/b64-62-,65-63?. The van der Waals surface area contributed by atoms with Gasteiger partial charge >= 0.3 is 0 Å². The van der Waals surface area contributed by atoms with E-state index in [0.717, 1.165) is 95.2 Å². The molecule has 1 aliphatic heterocycles. The maximum absolute atomic E-state index is 9.75. The van der Waals surface area contributed by atoms with E-state index in [0.29, 0.717) is 5.71 Å². The molecule has 0 bridgehead atoms. The summed E-state index contributed by atoms with van der Waals surface area (Å²) in [6.07, 6.45) is 2.27. The molecule has 0 fully saturated rings. The fourth-order valence-corrected chi connectivity index (χ4v) is 9.76. The molecule has 0 saturated carbocycles. The molecule has 0 spiro atoms. The molecule has 4 heteroatoms. The molecule has 320 valence electrons. The lowest BCUT2D eigenvalue weighted by Gasteiger charge is -2.27. The fraction of sp³-hybridized carbons (Fsp3) is 0. The summed E-state index contributed by atoms with van der Waals surface area (Å²) in [6.45, 7) is 0. The molecule has 9 aromatic carbocycles. The lowest BCUT2D eigenvalue weighted by Crippen LogP contribution is -2.20. The van der Waals surface area contributed by atoms with Gasteiger partial charge in [-0.3, -0.25) is 5.41 Å². The Morgan fingerprint density at radius 1 is 0.397 bits per heavy atom.